The predicted molar refractivity (Wildman–Crippen MR) is 45.1 cm³/mol. The van der Waals surface area contributed by atoms with Gasteiger partial charge in [0.2, 0.25) is 0 Å². The van der Waals surface area contributed by atoms with Gasteiger partial charge in [-0.3, -0.25) is 9.59 Å². The highest BCUT2D eigenvalue weighted by Gasteiger charge is 2.31. The molecule has 1 aliphatic carbocycles. The average molecular weight is 182 g/mol. The topological polar surface area (TPSA) is 74.6 Å². The minimum Gasteiger partial charge on any atom is -0.481 e. The van der Waals surface area contributed by atoms with Crippen molar-refractivity contribution in [2.24, 2.45) is 11.8 Å². The fourth-order valence-corrected chi connectivity index (χ4v) is 1.28. The molecule has 4 nitrogen and oxygen atoms in total. The quantitative estimate of drug-likeness (QED) is 0.665. The molecular formula is C9H10O4. The third-order valence-corrected chi connectivity index (χ3v) is 1.97. The van der Waals surface area contributed by atoms with E-state index >= 15 is 0 Å². The minimum atomic E-state index is -1.10. The van der Waals surface area contributed by atoms with E-state index in [-0.39, 0.29) is 0 Å². The van der Waals surface area contributed by atoms with Gasteiger partial charge in [-0.25, -0.2) is 0 Å². The van der Waals surface area contributed by atoms with Gasteiger partial charge in [0.15, 0.2) is 0 Å². The average Bonchev–Trinajstić information content (AvgIpc) is 2.03. The van der Waals surface area contributed by atoms with E-state index in [0.717, 1.165) is 5.57 Å². The Morgan fingerprint density at radius 3 is 2.23 bits per heavy atom. The number of rotatable bonds is 2. The number of aliphatic carboxylic acids is 2. The SMILES string of the molecule is CC1=CC(C(=O)O)C(C(=O)O)C=C1. The first-order valence-corrected chi connectivity index (χ1v) is 3.84. The lowest BCUT2D eigenvalue weighted by atomic mass is 9.86. The van der Waals surface area contributed by atoms with Crippen molar-refractivity contribution in [2.75, 3.05) is 0 Å². The van der Waals surface area contributed by atoms with Gasteiger partial charge in [0, 0.05) is 0 Å². The van der Waals surface area contributed by atoms with Crippen LogP contribution in [0.5, 0.6) is 0 Å². The Bertz CT molecular complexity index is 301. The molecule has 13 heavy (non-hydrogen) atoms. The molecule has 2 atom stereocenters. The number of hydrogen-bond acceptors (Lipinski definition) is 2. The molecular weight excluding hydrogens is 172 g/mol. The van der Waals surface area contributed by atoms with E-state index in [9.17, 15) is 9.59 Å². The molecule has 0 radical (unpaired) electrons. The van der Waals surface area contributed by atoms with Gasteiger partial charge in [0.25, 0.3) is 0 Å². The molecule has 0 saturated heterocycles. The Hall–Kier alpha value is -1.58. The molecule has 70 valence electrons. The lowest BCUT2D eigenvalue weighted by Crippen LogP contribution is -2.28. The van der Waals surface area contributed by atoms with Crippen molar-refractivity contribution in [1.82, 2.24) is 0 Å². The van der Waals surface area contributed by atoms with Crippen LogP contribution in [-0.4, -0.2) is 22.2 Å². The highest BCUT2D eigenvalue weighted by atomic mass is 16.4. The van der Waals surface area contributed by atoms with Crippen LogP contribution in [-0.2, 0) is 9.59 Å². The van der Waals surface area contributed by atoms with Crippen LogP contribution in [0, 0.1) is 11.8 Å². The molecule has 0 amide bonds. The second kappa shape index (κ2) is 3.43. The normalized spacial score (nSPS) is 26.7. The van der Waals surface area contributed by atoms with Gasteiger partial charge in [-0.2, -0.15) is 0 Å². The summed E-state index contributed by atoms with van der Waals surface area (Å²) >= 11 is 0. The van der Waals surface area contributed by atoms with Crippen molar-refractivity contribution in [2.45, 2.75) is 6.92 Å². The van der Waals surface area contributed by atoms with E-state index in [1.807, 2.05) is 0 Å². The van der Waals surface area contributed by atoms with Gasteiger partial charge >= 0.3 is 11.9 Å². The smallest absolute Gasteiger partial charge is 0.311 e. The largest absolute Gasteiger partial charge is 0.481 e. The molecule has 2 N–H and O–H groups in total. The Balaban J connectivity index is 2.94. The van der Waals surface area contributed by atoms with E-state index in [1.54, 1.807) is 13.0 Å². The lowest BCUT2D eigenvalue weighted by Gasteiger charge is -2.17. The molecule has 2 unspecified atom stereocenters. The summed E-state index contributed by atoms with van der Waals surface area (Å²) in [5, 5.41) is 17.4. The number of carbonyl (C=O) groups is 2. The van der Waals surface area contributed by atoms with Crippen molar-refractivity contribution in [3.05, 3.63) is 23.8 Å². The van der Waals surface area contributed by atoms with Crippen LogP contribution in [0.1, 0.15) is 6.92 Å². The zero-order valence-electron chi connectivity index (χ0n) is 7.10. The van der Waals surface area contributed by atoms with Gasteiger partial charge in [0.1, 0.15) is 0 Å². The van der Waals surface area contributed by atoms with Crippen LogP contribution >= 0.6 is 0 Å². The summed E-state index contributed by atoms with van der Waals surface area (Å²) in [6, 6.07) is 0. The molecule has 0 spiro atoms. The van der Waals surface area contributed by atoms with Crippen LogP contribution in [0.2, 0.25) is 0 Å². The maximum Gasteiger partial charge on any atom is 0.311 e. The van der Waals surface area contributed by atoms with Crippen LogP contribution < -0.4 is 0 Å². The van der Waals surface area contributed by atoms with E-state index in [1.165, 1.54) is 12.2 Å². The summed E-state index contributed by atoms with van der Waals surface area (Å²) < 4.78 is 0. The van der Waals surface area contributed by atoms with Gasteiger partial charge < -0.3 is 10.2 Å². The summed E-state index contributed by atoms with van der Waals surface area (Å²) in [6.07, 6.45) is 4.50. The first-order valence-electron chi connectivity index (χ1n) is 3.84. The fraction of sp³-hybridized carbons (Fsp3) is 0.333. The molecule has 0 saturated carbocycles. The van der Waals surface area contributed by atoms with Gasteiger partial charge in [-0.15, -0.1) is 0 Å². The molecule has 0 aliphatic heterocycles. The minimum absolute atomic E-state index is 0.782. The van der Waals surface area contributed by atoms with Crippen molar-refractivity contribution in [1.29, 1.82) is 0 Å². The van der Waals surface area contributed by atoms with E-state index in [4.69, 9.17) is 10.2 Å². The highest BCUT2D eigenvalue weighted by molar-refractivity contribution is 5.83. The molecule has 4 heteroatoms. The fourth-order valence-electron chi connectivity index (χ4n) is 1.28. The maximum atomic E-state index is 10.7. The zero-order valence-corrected chi connectivity index (χ0v) is 7.10. The maximum absolute atomic E-state index is 10.7. The second-order valence-corrected chi connectivity index (χ2v) is 3.00. The van der Waals surface area contributed by atoms with Crippen molar-refractivity contribution in [3.8, 4) is 0 Å². The third kappa shape index (κ3) is 1.96. The zero-order chi connectivity index (χ0) is 10.0. The van der Waals surface area contributed by atoms with E-state index in [2.05, 4.69) is 0 Å². The summed E-state index contributed by atoms with van der Waals surface area (Å²) in [5.41, 5.74) is 0.782. The first-order chi connectivity index (χ1) is 6.02. The number of allylic oxidation sites excluding steroid dienone is 2. The summed E-state index contributed by atoms with van der Waals surface area (Å²) in [5.74, 6) is -4.09. The van der Waals surface area contributed by atoms with Gasteiger partial charge in [-0.05, 0) is 6.92 Å². The molecule has 0 bridgehead atoms. The summed E-state index contributed by atoms with van der Waals surface area (Å²) in [6.45, 7) is 1.74. The van der Waals surface area contributed by atoms with Crippen molar-refractivity contribution < 1.29 is 19.8 Å². The summed E-state index contributed by atoms with van der Waals surface area (Å²) in [7, 11) is 0. The Labute approximate surface area is 75.2 Å². The number of carboxylic acid groups (broad SMARTS) is 2. The monoisotopic (exact) mass is 182 g/mol. The molecule has 1 aliphatic rings. The van der Waals surface area contributed by atoms with Crippen LogP contribution in [0.3, 0.4) is 0 Å². The highest BCUT2D eigenvalue weighted by Crippen LogP contribution is 2.23. The molecule has 0 aromatic rings. The lowest BCUT2D eigenvalue weighted by molar-refractivity contribution is -0.149. The standard InChI is InChI=1S/C9H10O4/c1-5-2-3-6(8(10)11)7(4-5)9(12)13/h2-4,6-7H,1H3,(H,10,11)(H,12,13). The van der Waals surface area contributed by atoms with E-state index in [0.29, 0.717) is 0 Å². The predicted octanol–water partition coefficient (Wildman–Crippen LogP) is 0.904. The van der Waals surface area contributed by atoms with Crippen molar-refractivity contribution >= 4 is 11.9 Å². The molecule has 0 fully saturated rings. The first kappa shape index (κ1) is 9.51. The molecule has 0 aromatic carbocycles. The van der Waals surface area contributed by atoms with Crippen LogP contribution in [0.4, 0.5) is 0 Å². The van der Waals surface area contributed by atoms with E-state index < -0.39 is 23.8 Å². The van der Waals surface area contributed by atoms with Crippen LogP contribution in [0.25, 0.3) is 0 Å². The number of carboxylic acids is 2. The van der Waals surface area contributed by atoms with Crippen LogP contribution in [0.15, 0.2) is 23.8 Å². The van der Waals surface area contributed by atoms with Gasteiger partial charge in [-0.1, -0.05) is 23.8 Å². The van der Waals surface area contributed by atoms with Crippen molar-refractivity contribution in [3.63, 3.8) is 0 Å². The molecule has 0 heterocycles. The third-order valence-electron chi connectivity index (χ3n) is 1.97. The molecule has 1 rings (SSSR count). The number of hydrogen-bond donors (Lipinski definition) is 2. The second-order valence-electron chi connectivity index (χ2n) is 3.00. The molecule has 0 aromatic heterocycles. The Morgan fingerprint density at radius 2 is 1.77 bits per heavy atom. The summed E-state index contributed by atoms with van der Waals surface area (Å²) in [4.78, 5) is 21.3. The Kier molecular flexibility index (Phi) is 2.51. The van der Waals surface area contributed by atoms with Gasteiger partial charge in [0.05, 0.1) is 11.8 Å². The Morgan fingerprint density at radius 1 is 1.23 bits per heavy atom.